The van der Waals surface area contributed by atoms with Crippen molar-refractivity contribution in [2.45, 2.75) is 39.7 Å². The van der Waals surface area contributed by atoms with Gasteiger partial charge >= 0.3 is 0 Å². The molecule has 0 spiro atoms. The van der Waals surface area contributed by atoms with Gasteiger partial charge in [-0.05, 0) is 29.2 Å². The fourth-order valence-electron chi connectivity index (χ4n) is 1.98. The predicted molar refractivity (Wildman–Crippen MR) is 72.0 cm³/mol. The third-order valence-electron chi connectivity index (χ3n) is 3.53. The first-order valence-electron chi connectivity index (χ1n) is 6.42. The third-order valence-corrected chi connectivity index (χ3v) is 3.53. The molecule has 0 amide bonds. The second kappa shape index (κ2) is 4.73. The molecule has 18 heavy (non-hydrogen) atoms. The first-order valence-corrected chi connectivity index (χ1v) is 6.42. The van der Waals surface area contributed by atoms with Gasteiger partial charge in [-0.2, -0.15) is 0 Å². The van der Waals surface area contributed by atoms with Crippen LogP contribution >= 0.6 is 0 Å². The van der Waals surface area contributed by atoms with Gasteiger partial charge in [0.2, 0.25) is 0 Å². The second-order valence-corrected chi connectivity index (χ2v) is 6.02. The van der Waals surface area contributed by atoms with E-state index in [4.69, 9.17) is 10.5 Å². The molecule has 1 unspecified atom stereocenters. The summed E-state index contributed by atoms with van der Waals surface area (Å²) < 4.78 is 5.43. The molecule has 0 aliphatic carbocycles. The minimum absolute atomic E-state index is 0.0461. The molecule has 0 radical (unpaired) electrons. The average Bonchev–Trinajstić information content (AvgIpc) is 2.74. The number of Topliss-reactive ketones (excluding diaryl/α,β-unsaturated/α-hetero) is 1. The molecule has 0 saturated heterocycles. The van der Waals surface area contributed by atoms with Gasteiger partial charge in [0.1, 0.15) is 5.75 Å². The molecule has 0 fully saturated rings. The molecule has 1 aliphatic heterocycles. The van der Waals surface area contributed by atoms with Crippen molar-refractivity contribution < 1.29 is 9.53 Å². The quantitative estimate of drug-likeness (QED) is 0.835. The number of rotatable bonds is 3. The standard InChI is InChI=1S/C15H21NO2/c1-15(2,3)14(16)9-12(17)10-4-5-13-11(8-10)6-7-18-13/h4-5,8,14H,6-7,9,16H2,1-3H3. The summed E-state index contributed by atoms with van der Waals surface area (Å²) in [7, 11) is 0. The van der Waals surface area contributed by atoms with Crippen LogP contribution in [-0.4, -0.2) is 18.4 Å². The fraction of sp³-hybridized carbons (Fsp3) is 0.533. The van der Waals surface area contributed by atoms with Gasteiger partial charge in [-0.3, -0.25) is 4.79 Å². The summed E-state index contributed by atoms with van der Waals surface area (Å²) >= 11 is 0. The predicted octanol–water partition coefficient (Wildman–Crippen LogP) is 2.57. The minimum Gasteiger partial charge on any atom is -0.493 e. The Morgan fingerprint density at radius 1 is 1.44 bits per heavy atom. The number of hydrogen-bond acceptors (Lipinski definition) is 3. The zero-order chi connectivity index (χ0) is 13.3. The van der Waals surface area contributed by atoms with Crippen LogP contribution in [0.2, 0.25) is 0 Å². The molecule has 3 nitrogen and oxygen atoms in total. The van der Waals surface area contributed by atoms with Crippen molar-refractivity contribution in [3.63, 3.8) is 0 Å². The SMILES string of the molecule is CC(C)(C)C(N)CC(=O)c1ccc2c(c1)CCO2. The monoisotopic (exact) mass is 247 g/mol. The van der Waals surface area contributed by atoms with Crippen molar-refractivity contribution >= 4 is 5.78 Å². The zero-order valence-corrected chi connectivity index (χ0v) is 11.3. The summed E-state index contributed by atoms with van der Waals surface area (Å²) in [4.78, 5) is 12.2. The van der Waals surface area contributed by atoms with E-state index in [1.165, 1.54) is 0 Å². The Morgan fingerprint density at radius 3 is 2.83 bits per heavy atom. The fourth-order valence-corrected chi connectivity index (χ4v) is 1.98. The van der Waals surface area contributed by atoms with Crippen LogP contribution in [-0.2, 0) is 6.42 Å². The van der Waals surface area contributed by atoms with Crippen LogP contribution in [0.3, 0.4) is 0 Å². The molecule has 2 rings (SSSR count). The molecular formula is C15H21NO2. The molecule has 1 aromatic rings. The lowest BCUT2D eigenvalue weighted by Crippen LogP contribution is -2.36. The van der Waals surface area contributed by atoms with Gasteiger partial charge in [-0.1, -0.05) is 20.8 Å². The first-order chi connectivity index (χ1) is 8.38. The Labute approximate surface area is 108 Å². The summed E-state index contributed by atoms with van der Waals surface area (Å²) in [6.45, 7) is 6.89. The number of fused-ring (bicyclic) bond motifs is 1. The number of ether oxygens (including phenoxy) is 1. The molecule has 0 saturated carbocycles. The second-order valence-electron chi connectivity index (χ2n) is 6.02. The Kier molecular flexibility index (Phi) is 3.44. The molecular weight excluding hydrogens is 226 g/mol. The molecule has 0 aromatic heterocycles. The van der Waals surface area contributed by atoms with Crippen molar-refractivity contribution in [2.75, 3.05) is 6.61 Å². The van der Waals surface area contributed by atoms with E-state index in [0.717, 1.165) is 23.3 Å². The molecule has 1 aromatic carbocycles. The van der Waals surface area contributed by atoms with E-state index < -0.39 is 0 Å². The van der Waals surface area contributed by atoms with E-state index >= 15 is 0 Å². The maximum atomic E-state index is 12.2. The van der Waals surface area contributed by atoms with Gasteiger partial charge in [0.05, 0.1) is 6.61 Å². The number of nitrogens with two attached hydrogens (primary N) is 1. The van der Waals surface area contributed by atoms with Gasteiger partial charge in [-0.15, -0.1) is 0 Å². The Bertz CT molecular complexity index is 460. The third kappa shape index (κ3) is 2.72. The van der Waals surface area contributed by atoms with Crippen LogP contribution in [0.25, 0.3) is 0 Å². The Balaban J connectivity index is 2.10. The summed E-state index contributed by atoms with van der Waals surface area (Å²) in [6, 6.07) is 5.55. The number of carbonyl (C=O) groups is 1. The van der Waals surface area contributed by atoms with Crippen molar-refractivity contribution in [3.05, 3.63) is 29.3 Å². The summed E-state index contributed by atoms with van der Waals surface area (Å²) in [5, 5.41) is 0. The van der Waals surface area contributed by atoms with E-state index in [0.29, 0.717) is 13.0 Å². The van der Waals surface area contributed by atoms with E-state index in [-0.39, 0.29) is 17.2 Å². The first kappa shape index (κ1) is 13.1. The summed E-state index contributed by atoms with van der Waals surface area (Å²) in [5.41, 5.74) is 7.89. The van der Waals surface area contributed by atoms with Crippen molar-refractivity contribution in [1.82, 2.24) is 0 Å². The van der Waals surface area contributed by atoms with E-state index in [2.05, 4.69) is 20.8 Å². The lowest BCUT2D eigenvalue weighted by molar-refractivity contribution is 0.0953. The van der Waals surface area contributed by atoms with Gasteiger partial charge in [0.25, 0.3) is 0 Å². The zero-order valence-electron chi connectivity index (χ0n) is 11.3. The Hall–Kier alpha value is -1.35. The van der Waals surface area contributed by atoms with E-state index in [1.807, 2.05) is 18.2 Å². The van der Waals surface area contributed by atoms with Crippen LogP contribution in [0.5, 0.6) is 5.75 Å². The van der Waals surface area contributed by atoms with Crippen LogP contribution < -0.4 is 10.5 Å². The van der Waals surface area contributed by atoms with Gasteiger partial charge in [0, 0.05) is 24.4 Å². The number of benzene rings is 1. The highest BCUT2D eigenvalue weighted by Gasteiger charge is 2.24. The van der Waals surface area contributed by atoms with Gasteiger partial charge < -0.3 is 10.5 Å². The number of hydrogen-bond donors (Lipinski definition) is 1. The topological polar surface area (TPSA) is 52.3 Å². The van der Waals surface area contributed by atoms with E-state index in [9.17, 15) is 4.79 Å². The van der Waals surface area contributed by atoms with Crippen molar-refractivity contribution in [2.24, 2.45) is 11.1 Å². The normalized spacial score (nSPS) is 16.0. The smallest absolute Gasteiger partial charge is 0.164 e. The Morgan fingerprint density at radius 2 is 2.17 bits per heavy atom. The largest absolute Gasteiger partial charge is 0.493 e. The van der Waals surface area contributed by atoms with Gasteiger partial charge in [0.15, 0.2) is 5.78 Å². The average molecular weight is 247 g/mol. The molecule has 1 atom stereocenters. The number of ketones is 1. The van der Waals surface area contributed by atoms with Crippen LogP contribution in [0.1, 0.15) is 43.1 Å². The summed E-state index contributed by atoms with van der Waals surface area (Å²) in [6.07, 6.45) is 1.28. The molecule has 2 N–H and O–H groups in total. The highest BCUT2D eigenvalue weighted by Crippen LogP contribution is 2.27. The highest BCUT2D eigenvalue weighted by molar-refractivity contribution is 5.96. The maximum absolute atomic E-state index is 12.2. The molecule has 1 aliphatic rings. The summed E-state index contributed by atoms with van der Waals surface area (Å²) in [5.74, 6) is 1.03. The molecule has 98 valence electrons. The van der Waals surface area contributed by atoms with Crippen LogP contribution in [0.4, 0.5) is 0 Å². The highest BCUT2D eigenvalue weighted by atomic mass is 16.5. The molecule has 0 bridgehead atoms. The van der Waals surface area contributed by atoms with Crippen molar-refractivity contribution in [1.29, 1.82) is 0 Å². The van der Waals surface area contributed by atoms with Crippen molar-refractivity contribution in [3.8, 4) is 5.75 Å². The van der Waals surface area contributed by atoms with E-state index in [1.54, 1.807) is 0 Å². The number of carbonyl (C=O) groups excluding carboxylic acids is 1. The molecule has 1 heterocycles. The minimum atomic E-state index is -0.116. The van der Waals surface area contributed by atoms with Crippen LogP contribution in [0.15, 0.2) is 18.2 Å². The lowest BCUT2D eigenvalue weighted by Gasteiger charge is -2.26. The van der Waals surface area contributed by atoms with Crippen LogP contribution in [0, 0.1) is 5.41 Å². The molecule has 3 heteroatoms. The maximum Gasteiger partial charge on any atom is 0.164 e. The lowest BCUT2D eigenvalue weighted by atomic mass is 9.83. The van der Waals surface area contributed by atoms with Gasteiger partial charge in [-0.25, -0.2) is 0 Å².